The van der Waals surface area contributed by atoms with Gasteiger partial charge >= 0.3 is 0 Å². The summed E-state index contributed by atoms with van der Waals surface area (Å²) in [6.45, 7) is 3.62. The Morgan fingerprint density at radius 1 is 1.45 bits per heavy atom. The van der Waals surface area contributed by atoms with Crippen LogP contribution in [0.5, 0.6) is 0 Å². The number of rotatable bonds is 5. The average molecular weight is 337 g/mol. The van der Waals surface area contributed by atoms with E-state index in [1.807, 2.05) is 24.3 Å². The second-order valence-corrected chi connectivity index (χ2v) is 6.67. The van der Waals surface area contributed by atoms with Crippen molar-refractivity contribution in [3.05, 3.63) is 29.3 Å². The third kappa shape index (κ3) is 3.28. The summed E-state index contributed by atoms with van der Waals surface area (Å²) in [5, 5.41) is 13.0. The van der Waals surface area contributed by atoms with Crippen molar-refractivity contribution in [1.29, 1.82) is 0 Å². The highest BCUT2D eigenvalue weighted by Crippen LogP contribution is 2.27. The molecule has 0 saturated carbocycles. The standard InChI is InChI=1S/C15H17ClN4OS/c1-2-20-14(11-4-3-5-12(16)7-11)18-19-15(20)22-9-10-6-13(21)17-8-10/h3-5,7,10H,2,6,8-9H2,1H3,(H,17,21). The molecule has 0 aliphatic carbocycles. The molecule has 1 unspecified atom stereocenters. The first-order valence-corrected chi connectivity index (χ1v) is 8.62. The molecule has 1 fully saturated rings. The molecule has 1 saturated heterocycles. The monoisotopic (exact) mass is 336 g/mol. The molecule has 0 spiro atoms. The molecule has 0 bridgehead atoms. The van der Waals surface area contributed by atoms with Crippen LogP contribution in [0.3, 0.4) is 0 Å². The molecule has 2 aromatic rings. The van der Waals surface area contributed by atoms with Crippen LogP contribution >= 0.6 is 23.4 Å². The van der Waals surface area contributed by atoms with E-state index in [0.29, 0.717) is 17.4 Å². The van der Waals surface area contributed by atoms with E-state index >= 15 is 0 Å². The van der Waals surface area contributed by atoms with E-state index in [-0.39, 0.29) is 5.91 Å². The van der Waals surface area contributed by atoms with E-state index in [1.165, 1.54) is 0 Å². The van der Waals surface area contributed by atoms with Gasteiger partial charge in [-0.1, -0.05) is 35.5 Å². The predicted molar refractivity (Wildman–Crippen MR) is 88.0 cm³/mol. The molecular formula is C15H17ClN4OS. The number of amides is 1. The molecule has 1 amide bonds. The van der Waals surface area contributed by atoms with Gasteiger partial charge in [0, 0.05) is 35.8 Å². The first kappa shape index (κ1) is 15.4. The predicted octanol–water partition coefficient (Wildman–Crippen LogP) is 2.85. The van der Waals surface area contributed by atoms with Gasteiger partial charge in [0.25, 0.3) is 0 Å². The molecule has 1 aliphatic heterocycles. The Hall–Kier alpha value is -1.53. The maximum atomic E-state index is 11.2. The Bertz CT molecular complexity index is 688. The van der Waals surface area contributed by atoms with Crippen molar-refractivity contribution in [1.82, 2.24) is 20.1 Å². The second kappa shape index (κ2) is 6.71. The van der Waals surface area contributed by atoms with Gasteiger partial charge in [0.1, 0.15) is 0 Å². The first-order valence-electron chi connectivity index (χ1n) is 7.26. The summed E-state index contributed by atoms with van der Waals surface area (Å²) in [5.41, 5.74) is 0.964. The summed E-state index contributed by atoms with van der Waals surface area (Å²) in [6, 6.07) is 7.63. The van der Waals surface area contributed by atoms with Gasteiger partial charge in [0.2, 0.25) is 5.91 Å². The van der Waals surface area contributed by atoms with Gasteiger partial charge in [-0.3, -0.25) is 4.79 Å². The third-order valence-corrected chi connectivity index (χ3v) is 5.06. The average Bonchev–Trinajstić information content (AvgIpc) is 3.10. The molecule has 5 nitrogen and oxygen atoms in total. The Kier molecular flexibility index (Phi) is 4.69. The molecule has 22 heavy (non-hydrogen) atoms. The SMILES string of the molecule is CCn1c(SCC2CNC(=O)C2)nnc1-c1cccc(Cl)c1. The lowest BCUT2D eigenvalue weighted by Crippen LogP contribution is -2.14. The van der Waals surface area contributed by atoms with Crippen molar-refractivity contribution in [3.8, 4) is 11.4 Å². The molecule has 1 atom stereocenters. The molecule has 0 radical (unpaired) electrons. The van der Waals surface area contributed by atoms with Crippen LogP contribution in [-0.2, 0) is 11.3 Å². The minimum Gasteiger partial charge on any atom is -0.356 e. The summed E-state index contributed by atoms with van der Waals surface area (Å²) >= 11 is 7.71. The highest BCUT2D eigenvalue weighted by molar-refractivity contribution is 7.99. The number of carbonyl (C=O) groups is 1. The number of nitrogens with one attached hydrogen (secondary N) is 1. The fraction of sp³-hybridized carbons (Fsp3) is 0.400. The molecule has 116 valence electrons. The summed E-state index contributed by atoms with van der Waals surface area (Å²) in [4.78, 5) is 11.2. The van der Waals surface area contributed by atoms with Gasteiger partial charge in [-0.15, -0.1) is 10.2 Å². The van der Waals surface area contributed by atoms with E-state index in [9.17, 15) is 4.79 Å². The zero-order valence-electron chi connectivity index (χ0n) is 12.3. The van der Waals surface area contributed by atoms with Crippen molar-refractivity contribution >= 4 is 29.3 Å². The molecule has 1 N–H and O–H groups in total. The lowest BCUT2D eigenvalue weighted by molar-refractivity contribution is -0.119. The number of halogens is 1. The molecule has 1 aromatic heterocycles. The zero-order chi connectivity index (χ0) is 15.5. The summed E-state index contributed by atoms with van der Waals surface area (Å²) in [6.07, 6.45) is 0.606. The normalized spacial score (nSPS) is 17.7. The zero-order valence-corrected chi connectivity index (χ0v) is 13.8. The molecular weight excluding hydrogens is 320 g/mol. The smallest absolute Gasteiger partial charge is 0.220 e. The van der Waals surface area contributed by atoms with E-state index in [0.717, 1.165) is 35.4 Å². The Balaban J connectivity index is 1.77. The van der Waals surface area contributed by atoms with Crippen molar-refractivity contribution < 1.29 is 4.79 Å². The van der Waals surface area contributed by atoms with Crippen LogP contribution in [0.4, 0.5) is 0 Å². The van der Waals surface area contributed by atoms with E-state index in [2.05, 4.69) is 27.0 Å². The van der Waals surface area contributed by atoms with Crippen LogP contribution in [0.2, 0.25) is 5.02 Å². The maximum Gasteiger partial charge on any atom is 0.220 e. The minimum atomic E-state index is 0.141. The molecule has 2 heterocycles. The minimum absolute atomic E-state index is 0.141. The highest BCUT2D eigenvalue weighted by Gasteiger charge is 2.22. The number of hydrogen-bond donors (Lipinski definition) is 1. The van der Waals surface area contributed by atoms with Gasteiger partial charge in [0.15, 0.2) is 11.0 Å². The molecule has 1 aliphatic rings. The van der Waals surface area contributed by atoms with Crippen molar-refractivity contribution in [2.45, 2.75) is 25.0 Å². The fourth-order valence-electron chi connectivity index (χ4n) is 2.50. The van der Waals surface area contributed by atoms with Crippen LogP contribution in [0.1, 0.15) is 13.3 Å². The molecule has 3 rings (SSSR count). The van der Waals surface area contributed by atoms with Crippen LogP contribution < -0.4 is 5.32 Å². The van der Waals surface area contributed by atoms with Gasteiger partial charge in [-0.25, -0.2) is 0 Å². The van der Waals surface area contributed by atoms with Gasteiger partial charge in [0.05, 0.1) is 0 Å². The lowest BCUT2D eigenvalue weighted by atomic mass is 10.1. The number of hydrogen-bond acceptors (Lipinski definition) is 4. The van der Waals surface area contributed by atoms with Crippen LogP contribution in [0.25, 0.3) is 11.4 Å². The molecule has 1 aromatic carbocycles. The highest BCUT2D eigenvalue weighted by atomic mass is 35.5. The lowest BCUT2D eigenvalue weighted by Gasteiger charge is -2.09. The summed E-state index contributed by atoms with van der Waals surface area (Å²) < 4.78 is 2.08. The topological polar surface area (TPSA) is 59.8 Å². The number of aromatic nitrogens is 3. The number of benzene rings is 1. The number of nitrogens with zero attached hydrogens (tertiary/aromatic N) is 3. The maximum absolute atomic E-state index is 11.2. The third-order valence-electron chi connectivity index (χ3n) is 3.63. The largest absolute Gasteiger partial charge is 0.356 e. The Morgan fingerprint density at radius 2 is 2.32 bits per heavy atom. The van der Waals surface area contributed by atoms with Crippen molar-refractivity contribution in [2.75, 3.05) is 12.3 Å². The fourth-order valence-corrected chi connectivity index (χ4v) is 3.78. The van der Waals surface area contributed by atoms with Gasteiger partial charge < -0.3 is 9.88 Å². The quantitative estimate of drug-likeness (QED) is 0.853. The number of thioether (sulfide) groups is 1. The van der Waals surface area contributed by atoms with E-state index in [1.54, 1.807) is 11.8 Å². The number of carbonyl (C=O) groups excluding carboxylic acids is 1. The van der Waals surface area contributed by atoms with Crippen LogP contribution in [0.15, 0.2) is 29.4 Å². The van der Waals surface area contributed by atoms with E-state index in [4.69, 9.17) is 11.6 Å². The molecule has 7 heteroatoms. The Labute approximate surface area is 138 Å². The van der Waals surface area contributed by atoms with Crippen LogP contribution in [0, 0.1) is 5.92 Å². The second-order valence-electron chi connectivity index (χ2n) is 5.25. The van der Waals surface area contributed by atoms with Gasteiger partial charge in [-0.05, 0) is 25.0 Å². The summed E-state index contributed by atoms with van der Waals surface area (Å²) in [5.74, 6) is 2.20. The first-order chi connectivity index (χ1) is 10.7. The van der Waals surface area contributed by atoms with Crippen LogP contribution in [-0.4, -0.2) is 33.0 Å². The van der Waals surface area contributed by atoms with Gasteiger partial charge in [-0.2, -0.15) is 0 Å². The Morgan fingerprint density at radius 3 is 3.00 bits per heavy atom. The van der Waals surface area contributed by atoms with E-state index < -0.39 is 0 Å². The summed E-state index contributed by atoms with van der Waals surface area (Å²) in [7, 11) is 0. The van der Waals surface area contributed by atoms with Crippen molar-refractivity contribution in [2.24, 2.45) is 5.92 Å². The van der Waals surface area contributed by atoms with Crippen molar-refractivity contribution in [3.63, 3.8) is 0 Å².